The van der Waals surface area contributed by atoms with Crippen LogP contribution in [-0.2, 0) is 4.79 Å². The predicted octanol–water partition coefficient (Wildman–Crippen LogP) is 4.13. The van der Waals surface area contributed by atoms with Crippen LogP contribution in [0.5, 0.6) is 0 Å². The Morgan fingerprint density at radius 2 is 2.09 bits per heavy atom. The number of halogens is 3. The molecule has 1 amide bonds. The van der Waals surface area contributed by atoms with Gasteiger partial charge >= 0.3 is 0 Å². The van der Waals surface area contributed by atoms with Gasteiger partial charge in [0.15, 0.2) is 5.82 Å². The zero-order valence-corrected chi connectivity index (χ0v) is 13.3. The molecule has 0 N–H and O–H groups in total. The van der Waals surface area contributed by atoms with E-state index in [0.717, 1.165) is 27.6 Å². The molecule has 0 unspecified atom stereocenters. The number of amides is 1. The summed E-state index contributed by atoms with van der Waals surface area (Å²) in [5.41, 5.74) is 0.824. The van der Waals surface area contributed by atoms with Crippen LogP contribution in [0.25, 0.3) is 10.1 Å². The van der Waals surface area contributed by atoms with Crippen molar-refractivity contribution in [2.24, 2.45) is 11.0 Å². The molecule has 0 saturated heterocycles. The van der Waals surface area contributed by atoms with Crippen LogP contribution in [0, 0.1) is 18.7 Å². The number of hydrogen-bond donors (Lipinski definition) is 0. The lowest BCUT2D eigenvalue weighted by atomic mass is 9.99. The average Bonchev–Trinajstić information content (AvgIpc) is 2.76. The third-order valence-corrected chi connectivity index (χ3v) is 4.85. The van der Waals surface area contributed by atoms with Crippen LogP contribution in [0.3, 0.4) is 0 Å². The summed E-state index contributed by atoms with van der Waals surface area (Å²) < 4.78 is 45.2. The fourth-order valence-corrected chi connectivity index (χ4v) is 3.40. The fraction of sp³-hybridized carbons (Fsp3) is 0.400. The van der Waals surface area contributed by atoms with Crippen LogP contribution in [0.4, 0.5) is 18.9 Å². The second-order valence-electron chi connectivity index (χ2n) is 5.49. The van der Waals surface area contributed by atoms with Gasteiger partial charge in [-0.05, 0) is 43.9 Å². The lowest BCUT2D eigenvalue weighted by Gasteiger charge is -2.17. The molecule has 0 spiro atoms. The van der Waals surface area contributed by atoms with E-state index < -0.39 is 24.1 Å². The van der Waals surface area contributed by atoms with Crippen LogP contribution in [0.2, 0.25) is 0 Å². The lowest BCUT2D eigenvalue weighted by molar-refractivity contribution is -0.118. The molecule has 1 aromatic heterocycles. The number of nitrogens with zero attached hydrogens (tertiary/aromatic N) is 3. The van der Waals surface area contributed by atoms with E-state index in [-0.39, 0.29) is 24.2 Å². The Balaban J connectivity index is 2.10. The molecule has 1 aliphatic heterocycles. The number of hydrogen-bond acceptors (Lipinski definition) is 4. The average molecular weight is 341 g/mol. The third-order valence-electron chi connectivity index (χ3n) is 3.95. The molecule has 1 aromatic carbocycles. The van der Waals surface area contributed by atoms with E-state index in [4.69, 9.17) is 0 Å². The second kappa shape index (κ2) is 5.92. The second-order valence-corrected chi connectivity index (χ2v) is 6.30. The van der Waals surface area contributed by atoms with Crippen molar-refractivity contribution in [1.82, 2.24) is 4.37 Å². The summed E-state index contributed by atoms with van der Waals surface area (Å²) in [6, 6.07) is 2.80. The third kappa shape index (κ3) is 2.83. The van der Waals surface area contributed by atoms with Crippen LogP contribution in [0.15, 0.2) is 17.2 Å². The fourth-order valence-electron chi connectivity index (χ4n) is 2.61. The molecular formula is C15H14F3N3OS. The van der Waals surface area contributed by atoms with E-state index >= 15 is 0 Å². The van der Waals surface area contributed by atoms with Gasteiger partial charge in [-0.15, -0.1) is 0 Å². The number of fused-ring (bicyclic) bond motifs is 1. The highest BCUT2D eigenvalue weighted by Crippen LogP contribution is 2.32. The van der Waals surface area contributed by atoms with E-state index in [0.29, 0.717) is 4.70 Å². The van der Waals surface area contributed by atoms with E-state index in [1.165, 1.54) is 19.1 Å². The highest BCUT2D eigenvalue weighted by molar-refractivity contribution is 7.13. The van der Waals surface area contributed by atoms with Gasteiger partial charge in [-0.3, -0.25) is 4.79 Å². The number of hydrazone groups is 1. The maximum absolute atomic E-state index is 14.4. The zero-order valence-electron chi connectivity index (χ0n) is 12.5. The molecule has 23 heavy (non-hydrogen) atoms. The Labute approximate surface area is 134 Å². The highest BCUT2D eigenvalue weighted by atomic mass is 32.1. The summed E-state index contributed by atoms with van der Waals surface area (Å²) in [6.07, 6.45) is -2.69. The van der Waals surface area contributed by atoms with Crippen molar-refractivity contribution in [1.29, 1.82) is 0 Å². The molecule has 0 bridgehead atoms. The Morgan fingerprint density at radius 3 is 2.78 bits per heavy atom. The van der Waals surface area contributed by atoms with Crippen molar-refractivity contribution in [3.8, 4) is 0 Å². The van der Waals surface area contributed by atoms with Crippen molar-refractivity contribution in [3.05, 3.63) is 23.6 Å². The summed E-state index contributed by atoms with van der Waals surface area (Å²) in [5.74, 6) is -2.20. The number of carbonyl (C=O) groups excluding carboxylic acids is 1. The SMILES string of the molecule is CC1=NN(c2cc3c(C)nsc3cc2F)C(=O)CC[C@@H]1C(F)F. The quantitative estimate of drug-likeness (QED) is 0.824. The number of alkyl halides is 2. The molecule has 0 fully saturated rings. The van der Waals surface area contributed by atoms with Gasteiger partial charge < -0.3 is 0 Å². The number of carbonyl (C=O) groups is 1. The van der Waals surface area contributed by atoms with Crippen LogP contribution in [0.1, 0.15) is 25.5 Å². The molecule has 2 heterocycles. The van der Waals surface area contributed by atoms with Gasteiger partial charge in [-0.1, -0.05) is 0 Å². The van der Waals surface area contributed by atoms with Crippen LogP contribution >= 0.6 is 11.5 Å². The lowest BCUT2D eigenvalue weighted by Crippen LogP contribution is -2.25. The van der Waals surface area contributed by atoms with Crippen molar-refractivity contribution >= 4 is 38.9 Å². The van der Waals surface area contributed by atoms with Gasteiger partial charge in [0.1, 0.15) is 5.69 Å². The molecule has 122 valence electrons. The molecule has 0 aliphatic carbocycles. The molecular weight excluding hydrogens is 327 g/mol. The number of aromatic nitrogens is 1. The largest absolute Gasteiger partial charge is 0.273 e. The summed E-state index contributed by atoms with van der Waals surface area (Å²) >= 11 is 1.16. The Kier molecular flexibility index (Phi) is 4.09. The van der Waals surface area contributed by atoms with Gasteiger partial charge in [-0.25, -0.2) is 13.2 Å². The highest BCUT2D eigenvalue weighted by Gasteiger charge is 2.31. The summed E-state index contributed by atoms with van der Waals surface area (Å²) in [7, 11) is 0. The predicted molar refractivity (Wildman–Crippen MR) is 83.6 cm³/mol. The van der Waals surface area contributed by atoms with Crippen LogP contribution < -0.4 is 5.01 Å². The first-order valence-electron chi connectivity index (χ1n) is 7.10. The number of benzene rings is 1. The number of aryl methyl sites for hydroxylation is 1. The summed E-state index contributed by atoms with van der Waals surface area (Å²) in [5, 5.41) is 5.61. The monoisotopic (exact) mass is 341 g/mol. The van der Waals surface area contributed by atoms with Gasteiger partial charge in [0, 0.05) is 17.5 Å². The van der Waals surface area contributed by atoms with Gasteiger partial charge in [0.2, 0.25) is 12.3 Å². The molecule has 1 atom stereocenters. The first kappa shape index (κ1) is 15.9. The molecule has 0 radical (unpaired) electrons. The minimum Gasteiger partial charge on any atom is -0.273 e. The standard InChI is InChI=1S/C15H14F3N3OS/c1-7-9(15(17)18)3-4-14(22)21(19-7)12-5-10-8(2)20-23-13(10)6-11(12)16/h5-6,9,15H,3-4H2,1-2H3/t9-/m0/s1. The molecule has 3 rings (SSSR count). The number of rotatable bonds is 2. The van der Waals surface area contributed by atoms with Crippen molar-refractivity contribution in [3.63, 3.8) is 0 Å². The first-order chi connectivity index (χ1) is 10.9. The minimum atomic E-state index is -2.60. The summed E-state index contributed by atoms with van der Waals surface area (Å²) in [4.78, 5) is 12.2. The van der Waals surface area contributed by atoms with Crippen molar-refractivity contribution in [2.45, 2.75) is 33.1 Å². The Morgan fingerprint density at radius 1 is 1.35 bits per heavy atom. The minimum absolute atomic E-state index is 0.00519. The van der Waals surface area contributed by atoms with Gasteiger partial charge in [-0.2, -0.15) is 14.5 Å². The first-order valence-corrected chi connectivity index (χ1v) is 7.87. The summed E-state index contributed by atoms with van der Waals surface area (Å²) in [6.45, 7) is 3.22. The Bertz CT molecular complexity index is 803. The normalized spacial score (nSPS) is 19.4. The van der Waals surface area contributed by atoms with Crippen molar-refractivity contribution in [2.75, 3.05) is 5.01 Å². The van der Waals surface area contributed by atoms with E-state index in [9.17, 15) is 18.0 Å². The van der Waals surface area contributed by atoms with Crippen LogP contribution in [-0.4, -0.2) is 22.4 Å². The maximum atomic E-state index is 14.4. The topological polar surface area (TPSA) is 45.6 Å². The zero-order chi connectivity index (χ0) is 16.7. The molecule has 1 aliphatic rings. The van der Waals surface area contributed by atoms with Gasteiger partial charge in [0.05, 0.1) is 16.3 Å². The smallest absolute Gasteiger partial charge is 0.247 e. The van der Waals surface area contributed by atoms with Gasteiger partial charge in [0.25, 0.3) is 0 Å². The number of anilines is 1. The van der Waals surface area contributed by atoms with E-state index in [2.05, 4.69) is 9.47 Å². The van der Waals surface area contributed by atoms with E-state index in [1.807, 2.05) is 0 Å². The Hall–Kier alpha value is -1.96. The molecule has 8 heteroatoms. The molecule has 0 saturated carbocycles. The molecule has 2 aromatic rings. The molecule has 4 nitrogen and oxygen atoms in total. The van der Waals surface area contributed by atoms with E-state index in [1.54, 1.807) is 6.92 Å². The maximum Gasteiger partial charge on any atom is 0.247 e. The van der Waals surface area contributed by atoms with Crippen molar-refractivity contribution < 1.29 is 18.0 Å².